The van der Waals surface area contributed by atoms with Crippen LogP contribution in [0.2, 0.25) is 0 Å². The Balaban J connectivity index is 2.27. The summed E-state index contributed by atoms with van der Waals surface area (Å²) in [5.74, 6) is 0.544. The zero-order valence-corrected chi connectivity index (χ0v) is 12.0. The Morgan fingerprint density at radius 3 is 2.60 bits per heavy atom. The average molecular weight is 271 g/mol. The Bertz CT molecular complexity index is 837. The van der Waals surface area contributed by atoms with Crippen LogP contribution in [-0.4, -0.2) is 14.3 Å². The summed E-state index contributed by atoms with van der Waals surface area (Å²) in [7, 11) is 3.70. The molecule has 5 nitrogen and oxygen atoms in total. The van der Waals surface area contributed by atoms with Gasteiger partial charge in [-0.2, -0.15) is 0 Å². The van der Waals surface area contributed by atoms with Gasteiger partial charge in [-0.3, -0.25) is 9.09 Å². The van der Waals surface area contributed by atoms with Gasteiger partial charge in [0.1, 0.15) is 0 Å². The van der Waals surface area contributed by atoms with Gasteiger partial charge in [0.2, 0.25) is 0 Å². The lowest BCUT2D eigenvalue weighted by atomic mass is 10.0. The van der Waals surface area contributed by atoms with Crippen LogP contribution in [0.3, 0.4) is 0 Å². The molecule has 0 bridgehead atoms. The molecule has 0 aliphatic heterocycles. The van der Waals surface area contributed by atoms with Crippen LogP contribution in [0.25, 0.3) is 22.3 Å². The molecule has 0 radical (unpaired) electrons. The smallest absolute Gasteiger partial charge is 0.350 e. The van der Waals surface area contributed by atoms with Gasteiger partial charge in [-0.15, -0.1) is 0 Å². The second kappa shape index (κ2) is 4.37. The van der Waals surface area contributed by atoms with E-state index in [1.54, 1.807) is 7.05 Å². The molecule has 0 saturated carbocycles. The van der Waals surface area contributed by atoms with Gasteiger partial charge in [0.05, 0.1) is 0 Å². The van der Waals surface area contributed by atoms with Gasteiger partial charge in [0.15, 0.2) is 5.82 Å². The average Bonchev–Trinajstić information content (AvgIpc) is 2.92. The fraction of sp³-hybridized carbons (Fsp3) is 0.333. The Labute approximate surface area is 116 Å². The molecule has 2 heterocycles. The molecule has 0 fully saturated rings. The van der Waals surface area contributed by atoms with Crippen molar-refractivity contribution in [3.05, 3.63) is 40.5 Å². The lowest BCUT2D eigenvalue weighted by Gasteiger charge is -2.04. The number of hydrogen-bond donors (Lipinski definition) is 0. The van der Waals surface area contributed by atoms with Gasteiger partial charge in [-0.1, -0.05) is 19.0 Å². The fourth-order valence-electron chi connectivity index (χ4n) is 2.56. The number of rotatable bonds is 2. The van der Waals surface area contributed by atoms with E-state index in [0.29, 0.717) is 11.7 Å². The standard InChI is InChI=1S/C15H17N3O2/c1-9(2)12-8-17(3)13-6-5-10(7-11(12)13)14-16-20-15(19)18(14)4/h5-9H,1-4H3. The summed E-state index contributed by atoms with van der Waals surface area (Å²) in [4.78, 5) is 11.4. The third-order valence-corrected chi connectivity index (χ3v) is 3.70. The van der Waals surface area contributed by atoms with Gasteiger partial charge < -0.3 is 4.57 Å². The first-order valence-electron chi connectivity index (χ1n) is 6.61. The van der Waals surface area contributed by atoms with Crippen LogP contribution in [0.1, 0.15) is 25.3 Å². The van der Waals surface area contributed by atoms with E-state index in [0.717, 1.165) is 5.56 Å². The highest BCUT2D eigenvalue weighted by Crippen LogP contribution is 2.30. The molecular weight excluding hydrogens is 254 g/mol. The highest BCUT2D eigenvalue weighted by atomic mass is 16.5. The van der Waals surface area contributed by atoms with Crippen molar-refractivity contribution in [1.29, 1.82) is 0 Å². The quantitative estimate of drug-likeness (QED) is 0.720. The lowest BCUT2D eigenvalue weighted by Crippen LogP contribution is -2.10. The van der Waals surface area contributed by atoms with Crippen molar-refractivity contribution in [3.63, 3.8) is 0 Å². The van der Waals surface area contributed by atoms with Crippen molar-refractivity contribution < 1.29 is 4.52 Å². The molecule has 1 aromatic carbocycles. The van der Waals surface area contributed by atoms with Gasteiger partial charge >= 0.3 is 5.76 Å². The summed E-state index contributed by atoms with van der Waals surface area (Å²) in [6, 6.07) is 6.08. The Hall–Kier alpha value is -2.30. The Morgan fingerprint density at radius 2 is 2.00 bits per heavy atom. The number of nitrogens with zero attached hydrogens (tertiary/aromatic N) is 3. The summed E-state index contributed by atoms with van der Waals surface area (Å²) < 4.78 is 8.23. The highest BCUT2D eigenvalue weighted by Gasteiger charge is 2.14. The minimum Gasteiger partial charge on any atom is -0.350 e. The van der Waals surface area contributed by atoms with Crippen LogP contribution in [0.15, 0.2) is 33.7 Å². The maximum absolute atomic E-state index is 11.4. The summed E-state index contributed by atoms with van der Waals surface area (Å²) >= 11 is 0. The predicted molar refractivity (Wildman–Crippen MR) is 77.7 cm³/mol. The SMILES string of the molecule is CC(C)c1cn(C)c2ccc(-c3noc(=O)n3C)cc12. The largest absolute Gasteiger partial charge is 0.441 e. The zero-order chi connectivity index (χ0) is 14.4. The minimum atomic E-state index is -0.447. The molecular formula is C15H17N3O2. The molecule has 104 valence electrons. The zero-order valence-electron chi connectivity index (χ0n) is 12.0. The van der Waals surface area contributed by atoms with Crippen LogP contribution in [0.4, 0.5) is 0 Å². The number of aromatic nitrogens is 3. The number of aryl methyl sites for hydroxylation is 1. The second-order valence-corrected chi connectivity index (χ2v) is 5.41. The van der Waals surface area contributed by atoms with Crippen LogP contribution in [-0.2, 0) is 14.1 Å². The summed E-state index contributed by atoms with van der Waals surface area (Å²) in [5.41, 5.74) is 3.35. The molecule has 20 heavy (non-hydrogen) atoms. The van der Waals surface area contributed by atoms with Crippen molar-refractivity contribution in [2.75, 3.05) is 0 Å². The molecule has 0 N–H and O–H groups in total. The molecule has 5 heteroatoms. The predicted octanol–water partition coefficient (Wildman–Crippen LogP) is 2.66. The molecule has 2 aromatic heterocycles. The maximum Gasteiger partial charge on any atom is 0.441 e. The van der Waals surface area contributed by atoms with E-state index >= 15 is 0 Å². The topological polar surface area (TPSA) is 53.0 Å². The monoisotopic (exact) mass is 271 g/mol. The van der Waals surface area contributed by atoms with Crippen molar-refractivity contribution >= 4 is 10.9 Å². The van der Waals surface area contributed by atoms with Gasteiger partial charge in [0.25, 0.3) is 0 Å². The van der Waals surface area contributed by atoms with Gasteiger partial charge in [0, 0.05) is 36.8 Å². The normalized spacial score (nSPS) is 11.7. The lowest BCUT2D eigenvalue weighted by molar-refractivity contribution is 0.380. The fourth-order valence-corrected chi connectivity index (χ4v) is 2.56. The van der Waals surface area contributed by atoms with E-state index in [9.17, 15) is 4.79 Å². The molecule has 0 atom stereocenters. The molecule has 0 unspecified atom stereocenters. The van der Waals surface area contributed by atoms with E-state index in [2.05, 4.69) is 41.9 Å². The third kappa shape index (κ3) is 1.78. The van der Waals surface area contributed by atoms with Gasteiger partial charge in [-0.05, 0) is 29.7 Å². The first-order chi connectivity index (χ1) is 9.49. The molecule has 0 spiro atoms. The van der Waals surface area contributed by atoms with Crippen molar-refractivity contribution in [2.24, 2.45) is 14.1 Å². The molecule has 0 saturated heterocycles. The molecule has 0 aliphatic rings. The number of hydrogen-bond acceptors (Lipinski definition) is 3. The summed E-state index contributed by atoms with van der Waals surface area (Å²) in [6.07, 6.45) is 2.15. The van der Waals surface area contributed by atoms with Gasteiger partial charge in [-0.25, -0.2) is 4.79 Å². The highest BCUT2D eigenvalue weighted by molar-refractivity contribution is 5.88. The van der Waals surface area contributed by atoms with Crippen LogP contribution >= 0.6 is 0 Å². The van der Waals surface area contributed by atoms with Crippen LogP contribution in [0.5, 0.6) is 0 Å². The Morgan fingerprint density at radius 1 is 1.25 bits per heavy atom. The maximum atomic E-state index is 11.4. The number of benzene rings is 1. The first kappa shape index (κ1) is 12.7. The Kier molecular flexibility index (Phi) is 2.78. The van der Waals surface area contributed by atoms with Crippen molar-refractivity contribution in [2.45, 2.75) is 19.8 Å². The van der Waals surface area contributed by atoms with E-state index in [-0.39, 0.29) is 0 Å². The summed E-state index contributed by atoms with van der Waals surface area (Å²) in [5, 5.41) is 5.03. The number of fused-ring (bicyclic) bond motifs is 1. The van der Waals surface area contributed by atoms with E-state index < -0.39 is 5.76 Å². The molecule has 0 amide bonds. The summed E-state index contributed by atoms with van der Waals surface area (Å²) in [6.45, 7) is 4.35. The van der Waals surface area contributed by atoms with Crippen molar-refractivity contribution in [1.82, 2.24) is 14.3 Å². The third-order valence-electron chi connectivity index (χ3n) is 3.70. The van der Waals surface area contributed by atoms with Crippen LogP contribution in [0, 0.1) is 0 Å². The van der Waals surface area contributed by atoms with E-state index in [4.69, 9.17) is 4.52 Å². The molecule has 0 aliphatic carbocycles. The van der Waals surface area contributed by atoms with E-state index in [1.807, 2.05) is 13.1 Å². The molecule has 3 rings (SSSR count). The van der Waals surface area contributed by atoms with E-state index in [1.165, 1.54) is 21.0 Å². The second-order valence-electron chi connectivity index (χ2n) is 5.41. The van der Waals surface area contributed by atoms with Crippen molar-refractivity contribution in [3.8, 4) is 11.4 Å². The van der Waals surface area contributed by atoms with Crippen LogP contribution < -0.4 is 5.76 Å². The first-order valence-corrected chi connectivity index (χ1v) is 6.61. The minimum absolute atomic E-state index is 0.440. The molecule has 3 aromatic rings.